The van der Waals surface area contributed by atoms with Crippen LogP contribution in [0.4, 0.5) is 0 Å². The average Bonchev–Trinajstić information content (AvgIpc) is 3.12. The molecule has 0 bridgehead atoms. The minimum atomic E-state index is -0.682. The lowest BCUT2D eigenvalue weighted by Gasteiger charge is -2.07. The predicted molar refractivity (Wildman–Crippen MR) is 73.3 cm³/mol. The first-order chi connectivity index (χ1) is 9.24. The second-order valence-electron chi connectivity index (χ2n) is 4.70. The van der Waals surface area contributed by atoms with Gasteiger partial charge in [-0.2, -0.15) is 5.10 Å². The van der Waals surface area contributed by atoms with Crippen LogP contribution >= 0.6 is 11.6 Å². The van der Waals surface area contributed by atoms with Crippen molar-refractivity contribution in [2.75, 3.05) is 0 Å². The van der Waals surface area contributed by atoms with Crippen LogP contribution in [0.1, 0.15) is 23.8 Å². The minimum absolute atomic E-state index is 0.142. The number of amides is 1. The molecule has 1 heterocycles. The summed E-state index contributed by atoms with van der Waals surface area (Å²) in [7, 11) is 0. The molecule has 1 unspecified atom stereocenters. The number of benzene rings is 1. The van der Waals surface area contributed by atoms with Crippen LogP contribution in [0.5, 0.6) is 0 Å². The summed E-state index contributed by atoms with van der Waals surface area (Å²) in [5, 5.41) is 6.45. The number of halogens is 1. The van der Waals surface area contributed by atoms with Gasteiger partial charge in [0.2, 0.25) is 5.91 Å². The molecule has 1 N–H and O–H groups in total. The third-order valence-electron chi connectivity index (χ3n) is 3.07. The highest BCUT2D eigenvalue weighted by molar-refractivity contribution is 6.30. The van der Waals surface area contributed by atoms with E-state index in [9.17, 15) is 4.79 Å². The summed E-state index contributed by atoms with van der Waals surface area (Å²) in [5.74, 6) is -0.142. The van der Waals surface area contributed by atoms with Crippen molar-refractivity contribution in [2.45, 2.75) is 24.3 Å². The van der Waals surface area contributed by atoms with Crippen LogP contribution in [-0.2, 0) is 4.79 Å². The highest BCUT2D eigenvalue weighted by atomic mass is 35.5. The Morgan fingerprint density at radius 1 is 1.37 bits per heavy atom. The molecule has 3 rings (SSSR count). The molecule has 2 aromatic rings. The second-order valence-corrected chi connectivity index (χ2v) is 5.14. The number of alkyl halides is 1. The number of hydrogen-bond acceptors (Lipinski definition) is 2. The Morgan fingerprint density at radius 2 is 2.11 bits per heavy atom. The molecule has 1 aromatic heterocycles. The van der Waals surface area contributed by atoms with E-state index in [2.05, 4.69) is 10.4 Å². The SMILES string of the molecule is O=C(NC1CC1)C(Cl)c1cnn(-c2ccccc2)c1. The molecule has 0 aliphatic heterocycles. The lowest BCUT2D eigenvalue weighted by molar-refractivity contribution is -0.121. The summed E-state index contributed by atoms with van der Waals surface area (Å²) >= 11 is 6.16. The molecule has 1 aliphatic carbocycles. The molecule has 4 nitrogen and oxygen atoms in total. The largest absolute Gasteiger partial charge is 0.352 e. The quantitative estimate of drug-likeness (QED) is 0.871. The van der Waals surface area contributed by atoms with Gasteiger partial charge >= 0.3 is 0 Å². The van der Waals surface area contributed by atoms with Crippen LogP contribution < -0.4 is 5.32 Å². The molecule has 1 saturated carbocycles. The highest BCUT2D eigenvalue weighted by Gasteiger charge is 2.27. The van der Waals surface area contributed by atoms with Crippen LogP contribution in [0.3, 0.4) is 0 Å². The van der Waals surface area contributed by atoms with Crippen LogP contribution in [0.25, 0.3) is 5.69 Å². The van der Waals surface area contributed by atoms with E-state index in [1.807, 2.05) is 30.3 Å². The van der Waals surface area contributed by atoms with Crippen molar-refractivity contribution in [1.82, 2.24) is 15.1 Å². The zero-order valence-corrected chi connectivity index (χ0v) is 11.0. The normalized spacial score (nSPS) is 16.1. The maximum Gasteiger partial charge on any atom is 0.242 e. The number of rotatable bonds is 4. The lowest BCUT2D eigenvalue weighted by Crippen LogP contribution is -2.28. The zero-order valence-electron chi connectivity index (χ0n) is 10.3. The number of nitrogens with zero attached hydrogens (tertiary/aromatic N) is 2. The topological polar surface area (TPSA) is 46.9 Å². The summed E-state index contributed by atoms with van der Waals surface area (Å²) in [6, 6.07) is 10.0. The van der Waals surface area contributed by atoms with E-state index in [1.165, 1.54) is 0 Å². The van der Waals surface area contributed by atoms with Crippen molar-refractivity contribution < 1.29 is 4.79 Å². The first-order valence-electron chi connectivity index (χ1n) is 6.28. The van der Waals surface area contributed by atoms with E-state index >= 15 is 0 Å². The zero-order chi connectivity index (χ0) is 13.2. The Morgan fingerprint density at radius 3 is 2.79 bits per heavy atom. The van der Waals surface area contributed by atoms with Crippen LogP contribution in [0, 0.1) is 0 Å². The van der Waals surface area contributed by atoms with Gasteiger partial charge in [0.1, 0.15) is 5.38 Å². The molecule has 5 heteroatoms. The molecule has 1 atom stereocenters. The van der Waals surface area contributed by atoms with E-state index in [-0.39, 0.29) is 5.91 Å². The number of nitrogens with one attached hydrogen (secondary N) is 1. The smallest absolute Gasteiger partial charge is 0.242 e. The van der Waals surface area contributed by atoms with Gasteiger partial charge in [-0.3, -0.25) is 4.79 Å². The summed E-state index contributed by atoms with van der Waals surface area (Å²) in [6.07, 6.45) is 5.54. The average molecular weight is 276 g/mol. The van der Waals surface area contributed by atoms with Crippen molar-refractivity contribution in [3.8, 4) is 5.69 Å². The molecule has 1 amide bonds. The van der Waals surface area contributed by atoms with Gasteiger partial charge in [0.25, 0.3) is 0 Å². The van der Waals surface area contributed by atoms with Gasteiger partial charge in [-0.05, 0) is 25.0 Å². The molecule has 19 heavy (non-hydrogen) atoms. The van der Waals surface area contributed by atoms with Crippen molar-refractivity contribution in [3.63, 3.8) is 0 Å². The van der Waals surface area contributed by atoms with Gasteiger partial charge in [-0.15, -0.1) is 11.6 Å². The molecule has 0 spiro atoms. The van der Waals surface area contributed by atoms with E-state index in [1.54, 1.807) is 17.1 Å². The van der Waals surface area contributed by atoms with Gasteiger partial charge in [-0.25, -0.2) is 4.68 Å². The summed E-state index contributed by atoms with van der Waals surface area (Å²) in [4.78, 5) is 11.9. The van der Waals surface area contributed by atoms with Crippen molar-refractivity contribution in [2.24, 2.45) is 0 Å². The van der Waals surface area contributed by atoms with E-state index in [0.717, 1.165) is 18.5 Å². The first kappa shape index (κ1) is 12.2. The first-order valence-corrected chi connectivity index (χ1v) is 6.72. The van der Waals surface area contributed by atoms with Gasteiger partial charge in [0, 0.05) is 17.8 Å². The Balaban J connectivity index is 1.75. The number of carbonyl (C=O) groups excluding carboxylic acids is 1. The molecule has 0 saturated heterocycles. The standard InChI is InChI=1S/C14H14ClN3O/c15-13(14(19)17-11-6-7-11)10-8-16-18(9-10)12-4-2-1-3-5-12/h1-5,8-9,11,13H,6-7H2,(H,17,19). The number of hydrogen-bond donors (Lipinski definition) is 1. The van der Waals surface area contributed by atoms with Gasteiger partial charge in [0.05, 0.1) is 11.9 Å². The molecular formula is C14H14ClN3O. The number of carbonyl (C=O) groups is 1. The fourth-order valence-electron chi connectivity index (χ4n) is 1.84. The van der Waals surface area contributed by atoms with Crippen LogP contribution in [0.2, 0.25) is 0 Å². The van der Waals surface area contributed by atoms with Crippen LogP contribution in [0.15, 0.2) is 42.7 Å². The Hall–Kier alpha value is -1.81. The molecule has 1 aliphatic rings. The maximum atomic E-state index is 11.9. The minimum Gasteiger partial charge on any atom is -0.352 e. The van der Waals surface area contributed by atoms with Gasteiger partial charge in [0.15, 0.2) is 0 Å². The fourth-order valence-corrected chi connectivity index (χ4v) is 2.02. The van der Waals surface area contributed by atoms with E-state index in [4.69, 9.17) is 11.6 Å². The number of aromatic nitrogens is 2. The van der Waals surface area contributed by atoms with E-state index in [0.29, 0.717) is 11.6 Å². The van der Waals surface area contributed by atoms with Crippen molar-refractivity contribution >= 4 is 17.5 Å². The molecule has 0 radical (unpaired) electrons. The monoisotopic (exact) mass is 275 g/mol. The fraction of sp³-hybridized carbons (Fsp3) is 0.286. The van der Waals surface area contributed by atoms with Crippen molar-refractivity contribution in [3.05, 3.63) is 48.3 Å². The van der Waals surface area contributed by atoms with Gasteiger partial charge < -0.3 is 5.32 Å². The lowest BCUT2D eigenvalue weighted by atomic mass is 10.2. The third kappa shape index (κ3) is 2.79. The Labute approximate surface area is 116 Å². The molecule has 1 aromatic carbocycles. The van der Waals surface area contributed by atoms with Crippen molar-refractivity contribution in [1.29, 1.82) is 0 Å². The third-order valence-corrected chi connectivity index (χ3v) is 3.52. The second kappa shape index (κ2) is 5.05. The summed E-state index contributed by atoms with van der Waals surface area (Å²) < 4.78 is 1.72. The Bertz CT molecular complexity index is 577. The van der Waals surface area contributed by atoms with Gasteiger partial charge in [-0.1, -0.05) is 18.2 Å². The molecular weight excluding hydrogens is 262 g/mol. The predicted octanol–water partition coefficient (Wildman–Crippen LogP) is 2.43. The summed E-state index contributed by atoms with van der Waals surface area (Å²) in [5.41, 5.74) is 1.66. The van der Waals surface area contributed by atoms with Crippen LogP contribution in [-0.4, -0.2) is 21.7 Å². The Kier molecular flexibility index (Phi) is 3.25. The molecule has 1 fully saturated rings. The maximum absolute atomic E-state index is 11.9. The van der Waals surface area contributed by atoms with E-state index < -0.39 is 5.38 Å². The highest BCUT2D eigenvalue weighted by Crippen LogP contribution is 2.24. The number of para-hydroxylation sites is 1. The molecule has 98 valence electrons. The summed E-state index contributed by atoms with van der Waals surface area (Å²) in [6.45, 7) is 0.